The molecule has 5 rings (SSSR count). The van der Waals surface area contributed by atoms with Crippen LogP contribution < -0.4 is 0 Å². The van der Waals surface area contributed by atoms with Gasteiger partial charge in [-0.1, -0.05) is 51.4 Å². The standard InChI is InChI=1S/C21H24BrClN6S/c1-27-19(17-11-24-28(2)18(17)23)25-26-20(27)30-9-3-8-29-12-15-10-21(15,13-29)14-4-6-16(22)7-5-14/h4-7,11,15H,3,8-10,12-13H2,1-2H3/t15-,21?/m0/s1. The molecule has 0 amide bonds. The summed E-state index contributed by atoms with van der Waals surface area (Å²) in [5, 5.41) is 14.4. The van der Waals surface area contributed by atoms with Gasteiger partial charge in [0.2, 0.25) is 0 Å². The number of aromatic nitrogens is 5. The van der Waals surface area contributed by atoms with Gasteiger partial charge < -0.3 is 9.47 Å². The summed E-state index contributed by atoms with van der Waals surface area (Å²) in [4.78, 5) is 2.63. The van der Waals surface area contributed by atoms with Crippen LogP contribution >= 0.6 is 39.3 Å². The van der Waals surface area contributed by atoms with Gasteiger partial charge in [-0.05, 0) is 43.0 Å². The van der Waals surface area contributed by atoms with Crippen LogP contribution in [-0.4, -0.2) is 54.8 Å². The number of nitrogens with zero attached hydrogens (tertiary/aromatic N) is 6. The van der Waals surface area contributed by atoms with Crippen molar-refractivity contribution in [2.45, 2.75) is 23.4 Å². The second kappa shape index (κ2) is 7.97. The molecule has 2 fully saturated rings. The molecule has 6 nitrogen and oxygen atoms in total. The molecule has 1 saturated heterocycles. The van der Waals surface area contributed by atoms with Crippen LogP contribution in [0.4, 0.5) is 0 Å². The first-order valence-electron chi connectivity index (χ1n) is 10.2. The molecule has 9 heteroatoms. The number of thioether (sulfide) groups is 1. The zero-order valence-corrected chi connectivity index (χ0v) is 20.2. The van der Waals surface area contributed by atoms with E-state index in [0.29, 0.717) is 10.6 Å². The van der Waals surface area contributed by atoms with Gasteiger partial charge in [-0.25, -0.2) is 0 Å². The second-order valence-electron chi connectivity index (χ2n) is 8.34. The van der Waals surface area contributed by atoms with Crippen LogP contribution in [-0.2, 0) is 19.5 Å². The van der Waals surface area contributed by atoms with Crippen LogP contribution in [0.15, 0.2) is 40.1 Å². The minimum Gasteiger partial charge on any atom is -0.305 e. The molecule has 0 radical (unpaired) electrons. The average molecular weight is 508 g/mol. The largest absolute Gasteiger partial charge is 0.305 e. The van der Waals surface area contributed by atoms with Crippen molar-refractivity contribution in [2.75, 3.05) is 25.4 Å². The molecule has 2 aliphatic rings. The number of likely N-dealkylation sites (tertiary alicyclic amines) is 1. The van der Waals surface area contributed by atoms with E-state index in [1.54, 1.807) is 22.6 Å². The number of aryl methyl sites for hydroxylation is 1. The van der Waals surface area contributed by atoms with Crippen molar-refractivity contribution in [3.63, 3.8) is 0 Å². The highest BCUT2D eigenvalue weighted by Gasteiger charge is 2.60. The fraction of sp³-hybridized carbons (Fsp3) is 0.476. The van der Waals surface area contributed by atoms with Crippen LogP contribution in [0.25, 0.3) is 11.4 Å². The molecular weight excluding hydrogens is 484 g/mol. The van der Waals surface area contributed by atoms with Crippen molar-refractivity contribution < 1.29 is 0 Å². The van der Waals surface area contributed by atoms with E-state index in [9.17, 15) is 0 Å². The number of halogens is 2. The van der Waals surface area contributed by atoms with Gasteiger partial charge in [-0.15, -0.1) is 10.2 Å². The summed E-state index contributed by atoms with van der Waals surface area (Å²) in [6.07, 6.45) is 4.23. The molecule has 30 heavy (non-hydrogen) atoms. The lowest BCUT2D eigenvalue weighted by Crippen LogP contribution is -2.27. The molecule has 3 aromatic rings. The van der Waals surface area contributed by atoms with Crippen LogP contribution in [0.2, 0.25) is 5.15 Å². The minimum atomic E-state index is 0.412. The third-order valence-corrected chi connectivity index (χ3v) is 8.51. The van der Waals surface area contributed by atoms with E-state index >= 15 is 0 Å². The average Bonchev–Trinajstić information content (AvgIpc) is 2.98. The fourth-order valence-electron chi connectivity index (χ4n) is 4.69. The summed E-state index contributed by atoms with van der Waals surface area (Å²) >= 11 is 11.6. The summed E-state index contributed by atoms with van der Waals surface area (Å²) in [5.41, 5.74) is 2.73. The highest BCUT2D eigenvalue weighted by atomic mass is 79.9. The Labute approximate surface area is 194 Å². The minimum absolute atomic E-state index is 0.412. The van der Waals surface area contributed by atoms with Gasteiger partial charge in [0.25, 0.3) is 0 Å². The Morgan fingerprint density at radius 1 is 1.23 bits per heavy atom. The first-order chi connectivity index (χ1) is 14.5. The van der Waals surface area contributed by atoms with Gasteiger partial charge in [0.15, 0.2) is 11.0 Å². The Hall–Kier alpha value is -1.35. The van der Waals surface area contributed by atoms with Crippen LogP contribution in [0.3, 0.4) is 0 Å². The Bertz CT molecular complexity index is 1060. The Morgan fingerprint density at radius 3 is 2.77 bits per heavy atom. The molecule has 1 aromatic carbocycles. The van der Waals surface area contributed by atoms with E-state index in [-0.39, 0.29) is 0 Å². The van der Waals surface area contributed by atoms with Crippen LogP contribution in [0.1, 0.15) is 18.4 Å². The zero-order chi connectivity index (χ0) is 20.9. The number of piperidine rings is 1. The van der Waals surface area contributed by atoms with Crippen molar-refractivity contribution in [1.82, 2.24) is 29.4 Å². The molecule has 0 bridgehead atoms. The van der Waals surface area contributed by atoms with Gasteiger partial charge in [-0.2, -0.15) is 5.10 Å². The topological polar surface area (TPSA) is 51.8 Å². The molecule has 1 aliphatic carbocycles. The van der Waals surface area contributed by atoms with E-state index in [0.717, 1.165) is 45.7 Å². The molecule has 0 N–H and O–H groups in total. The summed E-state index contributed by atoms with van der Waals surface area (Å²) in [6.45, 7) is 3.56. The first-order valence-corrected chi connectivity index (χ1v) is 12.3. The highest BCUT2D eigenvalue weighted by Crippen LogP contribution is 2.59. The fourth-order valence-corrected chi connectivity index (χ4v) is 5.96. The number of hydrogen-bond donors (Lipinski definition) is 0. The molecule has 3 heterocycles. The summed E-state index contributed by atoms with van der Waals surface area (Å²) < 4.78 is 4.80. The smallest absolute Gasteiger partial charge is 0.191 e. The first kappa shape index (κ1) is 20.5. The quantitative estimate of drug-likeness (QED) is 0.351. The van der Waals surface area contributed by atoms with Gasteiger partial charge in [0.05, 0.1) is 11.8 Å². The lowest BCUT2D eigenvalue weighted by atomic mass is 9.95. The van der Waals surface area contributed by atoms with E-state index in [1.807, 2.05) is 18.7 Å². The third-order valence-electron chi connectivity index (χ3n) is 6.43. The maximum Gasteiger partial charge on any atom is 0.191 e. The van der Waals surface area contributed by atoms with Crippen LogP contribution in [0.5, 0.6) is 0 Å². The van der Waals surface area contributed by atoms with Gasteiger partial charge >= 0.3 is 0 Å². The van der Waals surface area contributed by atoms with Crippen molar-refractivity contribution in [3.8, 4) is 11.4 Å². The van der Waals surface area contributed by atoms with Crippen molar-refractivity contribution in [3.05, 3.63) is 45.7 Å². The zero-order valence-electron chi connectivity index (χ0n) is 17.1. The Balaban J connectivity index is 1.13. The van der Waals surface area contributed by atoms with E-state index in [2.05, 4.69) is 60.4 Å². The SMILES string of the molecule is Cn1ncc(-c2nnc(SCCCN3C[C@@H]4CC4(c4ccc(Br)cc4)C3)n2C)c1Cl. The third kappa shape index (κ3) is 3.61. The van der Waals surface area contributed by atoms with Crippen LogP contribution in [0, 0.1) is 5.92 Å². The van der Waals surface area contributed by atoms with Crippen molar-refractivity contribution >= 4 is 39.3 Å². The van der Waals surface area contributed by atoms with Gasteiger partial charge in [0.1, 0.15) is 5.15 Å². The predicted molar refractivity (Wildman–Crippen MR) is 124 cm³/mol. The monoisotopic (exact) mass is 506 g/mol. The molecule has 1 aliphatic heterocycles. The summed E-state index contributed by atoms with van der Waals surface area (Å²) in [6, 6.07) is 8.94. The number of rotatable bonds is 7. The lowest BCUT2D eigenvalue weighted by Gasteiger charge is -2.21. The highest BCUT2D eigenvalue weighted by molar-refractivity contribution is 9.10. The summed E-state index contributed by atoms with van der Waals surface area (Å²) in [5.74, 6) is 2.61. The Morgan fingerprint density at radius 2 is 2.03 bits per heavy atom. The predicted octanol–water partition coefficient (Wildman–Crippen LogP) is 4.39. The number of hydrogen-bond acceptors (Lipinski definition) is 5. The van der Waals surface area contributed by atoms with E-state index in [4.69, 9.17) is 11.6 Å². The maximum absolute atomic E-state index is 6.31. The molecule has 0 spiro atoms. The second-order valence-corrected chi connectivity index (χ2v) is 10.7. The van der Waals surface area contributed by atoms with E-state index < -0.39 is 0 Å². The molecule has 1 saturated carbocycles. The van der Waals surface area contributed by atoms with Gasteiger partial charge in [0, 0.05) is 42.8 Å². The molecule has 158 valence electrons. The maximum atomic E-state index is 6.31. The van der Waals surface area contributed by atoms with Gasteiger partial charge in [-0.3, -0.25) is 4.68 Å². The molecular formula is C21H24BrClN6S. The molecule has 1 unspecified atom stereocenters. The van der Waals surface area contributed by atoms with Crippen molar-refractivity contribution in [2.24, 2.45) is 20.0 Å². The molecule has 2 aromatic heterocycles. The van der Waals surface area contributed by atoms with E-state index in [1.165, 1.54) is 25.1 Å². The van der Waals surface area contributed by atoms with Crippen molar-refractivity contribution in [1.29, 1.82) is 0 Å². The number of benzene rings is 1. The molecule has 2 atom stereocenters. The number of fused-ring (bicyclic) bond motifs is 1. The lowest BCUT2D eigenvalue weighted by molar-refractivity contribution is 0.299. The normalized spacial score (nSPS) is 23.1. The Kier molecular flexibility index (Phi) is 5.46. The summed E-state index contributed by atoms with van der Waals surface area (Å²) in [7, 11) is 3.80.